The van der Waals surface area contributed by atoms with E-state index in [1.165, 1.54) is 18.4 Å². The zero-order chi connectivity index (χ0) is 16.8. The molecule has 0 N–H and O–H groups in total. The van der Waals surface area contributed by atoms with Crippen molar-refractivity contribution in [2.45, 2.75) is 25.7 Å². The highest BCUT2D eigenvalue weighted by molar-refractivity contribution is 6.32. The lowest BCUT2D eigenvalue weighted by Crippen LogP contribution is -2.23. The Hall–Kier alpha value is -2.33. The molecule has 2 aromatic carbocycles. The summed E-state index contributed by atoms with van der Waals surface area (Å²) in [5.41, 5.74) is 2.96. The smallest absolute Gasteiger partial charge is 0.352 e. The van der Waals surface area contributed by atoms with Gasteiger partial charge in [-0.15, -0.1) is 0 Å². The third-order valence-corrected chi connectivity index (χ3v) is 4.84. The molecule has 3 aromatic rings. The number of hydrogen-bond acceptors (Lipinski definition) is 3. The van der Waals surface area contributed by atoms with Crippen molar-refractivity contribution < 1.29 is 4.74 Å². The second-order valence-electron chi connectivity index (χ2n) is 6.16. The van der Waals surface area contributed by atoms with E-state index in [0.29, 0.717) is 22.3 Å². The number of para-hydroxylation sites is 1. The van der Waals surface area contributed by atoms with Crippen LogP contribution in [-0.4, -0.2) is 16.7 Å². The molecule has 0 unspecified atom stereocenters. The molecule has 1 heterocycles. The molecule has 0 saturated heterocycles. The summed E-state index contributed by atoms with van der Waals surface area (Å²) in [7, 11) is 1.65. The van der Waals surface area contributed by atoms with Gasteiger partial charge in [-0.05, 0) is 55.5 Å². The van der Waals surface area contributed by atoms with Crippen LogP contribution in [0.25, 0.3) is 16.6 Å². The predicted octanol–water partition coefficient (Wildman–Crippen LogP) is 4.23. The van der Waals surface area contributed by atoms with Gasteiger partial charge in [-0.2, -0.15) is 4.98 Å². The largest absolute Gasteiger partial charge is 0.496 e. The number of aryl methyl sites for hydroxylation is 1. The van der Waals surface area contributed by atoms with Gasteiger partial charge < -0.3 is 4.74 Å². The van der Waals surface area contributed by atoms with Crippen LogP contribution in [0.3, 0.4) is 0 Å². The Balaban J connectivity index is 2.15. The van der Waals surface area contributed by atoms with E-state index < -0.39 is 0 Å². The molecule has 1 aliphatic rings. The van der Waals surface area contributed by atoms with Gasteiger partial charge in [0, 0.05) is 0 Å². The van der Waals surface area contributed by atoms with Gasteiger partial charge in [0.2, 0.25) is 0 Å². The highest BCUT2D eigenvalue weighted by atomic mass is 35.5. The van der Waals surface area contributed by atoms with Crippen LogP contribution in [-0.2, 0) is 0 Å². The average Bonchev–Trinajstić information content (AvgIpc) is 3.40. The topological polar surface area (TPSA) is 44.1 Å². The lowest BCUT2D eigenvalue weighted by Gasteiger charge is -2.16. The number of rotatable bonds is 3. The lowest BCUT2D eigenvalue weighted by molar-refractivity contribution is 0.419. The molecule has 1 fully saturated rings. The first-order valence-corrected chi connectivity index (χ1v) is 8.34. The molecule has 0 amide bonds. The van der Waals surface area contributed by atoms with Gasteiger partial charge in [0.1, 0.15) is 5.75 Å². The molecule has 1 aliphatic carbocycles. The van der Waals surface area contributed by atoms with Gasteiger partial charge in [-0.1, -0.05) is 23.7 Å². The van der Waals surface area contributed by atoms with Gasteiger partial charge in [-0.25, -0.2) is 4.79 Å². The standard InChI is InChI=1S/C19H17ClN2O2/c1-11-18-16(9-13(12-7-8-12)10-17(18)24-2)22(19(23)21-11)15-6-4-3-5-14(15)20/h3-6,9-10,12H,7-8H2,1-2H3. The zero-order valence-electron chi connectivity index (χ0n) is 13.5. The van der Waals surface area contributed by atoms with Gasteiger partial charge in [0.25, 0.3) is 0 Å². The fraction of sp³-hybridized carbons (Fsp3) is 0.263. The predicted molar refractivity (Wildman–Crippen MR) is 95.6 cm³/mol. The number of nitrogens with zero attached hydrogens (tertiary/aromatic N) is 2. The summed E-state index contributed by atoms with van der Waals surface area (Å²) in [6.45, 7) is 1.83. The summed E-state index contributed by atoms with van der Waals surface area (Å²) < 4.78 is 7.18. The number of methoxy groups -OCH3 is 1. The molecular weight excluding hydrogens is 324 g/mol. The molecule has 0 aliphatic heterocycles. The Morgan fingerprint density at radius 1 is 1.25 bits per heavy atom. The van der Waals surface area contributed by atoms with Gasteiger partial charge >= 0.3 is 5.69 Å². The van der Waals surface area contributed by atoms with Crippen molar-refractivity contribution >= 4 is 22.5 Å². The van der Waals surface area contributed by atoms with Gasteiger partial charge in [0.15, 0.2) is 0 Å². The molecular formula is C19H17ClN2O2. The van der Waals surface area contributed by atoms with Gasteiger partial charge in [0.05, 0.1) is 34.4 Å². The van der Waals surface area contributed by atoms with E-state index in [9.17, 15) is 4.79 Å². The van der Waals surface area contributed by atoms with Crippen LogP contribution in [0.1, 0.15) is 30.0 Å². The van der Waals surface area contributed by atoms with Gasteiger partial charge in [-0.3, -0.25) is 4.57 Å². The van der Waals surface area contributed by atoms with Crippen LogP contribution in [0, 0.1) is 6.92 Å². The summed E-state index contributed by atoms with van der Waals surface area (Å²) in [5.74, 6) is 1.30. The normalized spacial score (nSPS) is 14.1. The molecule has 4 rings (SSSR count). The molecule has 4 nitrogen and oxygen atoms in total. The summed E-state index contributed by atoms with van der Waals surface area (Å²) >= 11 is 6.34. The minimum atomic E-state index is -0.330. The van der Waals surface area contributed by atoms with E-state index in [0.717, 1.165) is 16.7 Å². The molecule has 122 valence electrons. The molecule has 0 spiro atoms. The minimum absolute atomic E-state index is 0.330. The Morgan fingerprint density at radius 2 is 2.00 bits per heavy atom. The summed E-state index contributed by atoms with van der Waals surface area (Å²) in [5, 5.41) is 1.36. The molecule has 1 saturated carbocycles. The first-order valence-electron chi connectivity index (χ1n) is 7.96. The molecule has 0 atom stereocenters. The second-order valence-corrected chi connectivity index (χ2v) is 6.57. The van der Waals surface area contributed by atoms with E-state index >= 15 is 0 Å². The molecule has 5 heteroatoms. The van der Waals surface area contributed by atoms with Crippen molar-refractivity contribution in [1.82, 2.24) is 9.55 Å². The maximum Gasteiger partial charge on any atom is 0.352 e. The second kappa shape index (κ2) is 5.64. The molecule has 0 bridgehead atoms. The Labute approximate surface area is 144 Å². The minimum Gasteiger partial charge on any atom is -0.496 e. The Morgan fingerprint density at radius 3 is 2.67 bits per heavy atom. The van der Waals surface area contributed by atoms with Crippen LogP contribution in [0.5, 0.6) is 5.75 Å². The fourth-order valence-electron chi connectivity index (χ4n) is 3.19. The summed E-state index contributed by atoms with van der Waals surface area (Å²) in [4.78, 5) is 16.8. The third kappa shape index (κ3) is 2.38. The van der Waals surface area contributed by atoms with E-state index in [1.807, 2.05) is 25.1 Å². The Kier molecular flexibility index (Phi) is 3.57. The van der Waals surface area contributed by atoms with E-state index in [-0.39, 0.29) is 5.69 Å². The van der Waals surface area contributed by atoms with E-state index in [2.05, 4.69) is 17.1 Å². The van der Waals surface area contributed by atoms with Crippen LogP contribution < -0.4 is 10.4 Å². The first kappa shape index (κ1) is 15.2. The van der Waals surface area contributed by atoms with Crippen molar-refractivity contribution in [1.29, 1.82) is 0 Å². The first-order chi connectivity index (χ1) is 11.6. The number of ether oxygens (including phenoxy) is 1. The van der Waals surface area contributed by atoms with E-state index in [4.69, 9.17) is 16.3 Å². The number of benzene rings is 2. The number of hydrogen-bond donors (Lipinski definition) is 0. The number of halogens is 1. The molecule has 24 heavy (non-hydrogen) atoms. The van der Waals surface area contributed by atoms with Crippen molar-refractivity contribution in [3.05, 3.63) is 63.2 Å². The highest BCUT2D eigenvalue weighted by Crippen LogP contribution is 2.43. The SMILES string of the molecule is COc1cc(C2CC2)cc2c1c(C)nc(=O)n2-c1ccccc1Cl. The van der Waals surface area contributed by atoms with Crippen molar-refractivity contribution in [2.24, 2.45) is 0 Å². The van der Waals surface area contributed by atoms with Crippen molar-refractivity contribution in [3.63, 3.8) is 0 Å². The average molecular weight is 341 g/mol. The Bertz CT molecular complexity index is 1010. The maximum atomic E-state index is 12.7. The van der Waals surface area contributed by atoms with Crippen LogP contribution in [0.4, 0.5) is 0 Å². The highest BCUT2D eigenvalue weighted by Gasteiger charge is 2.26. The molecule has 0 radical (unpaired) electrons. The quantitative estimate of drug-likeness (QED) is 0.716. The summed E-state index contributed by atoms with van der Waals surface area (Å²) in [6.07, 6.45) is 2.35. The van der Waals surface area contributed by atoms with E-state index in [1.54, 1.807) is 17.7 Å². The fourth-order valence-corrected chi connectivity index (χ4v) is 3.41. The lowest BCUT2D eigenvalue weighted by atomic mass is 10.0. The van der Waals surface area contributed by atoms with Crippen LogP contribution in [0.15, 0.2) is 41.2 Å². The molecule has 1 aromatic heterocycles. The monoisotopic (exact) mass is 340 g/mol. The van der Waals surface area contributed by atoms with Crippen molar-refractivity contribution in [3.8, 4) is 11.4 Å². The maximum absolute atomic E-state index is 12.7. The zero-order valence-corrected chi connectivity index (χ0v) is 14.3. The third-order valence-electron chi connectivity index (χ3n) is 4.52. The van der Waals surface area contributed by atoms with Crippen LogP contribution >= 0.6 is 11.6 Å². The summed E-state index contributed by atoms with van der Waals surface area (Å²) in [6, 6.07) is 11.5. The van der Waals surface area contributed by atoms with Crippen molar-refractivity contribution in [2.75, 3.05) is 7.11 Å². The van der Waals surface area contributed by atoms with Crippen LogP contribution in [0.2, 0.25) is 5.02 Å². The number of fused-ring (bicyclic) bond motifs is 1. The number of aromatic nitrogens is 2.